The molecular formula is C16H22N4O. The number of hydrogen-bond acceptors (Lipinski definition) is 3. The number of rotatable bonds is 7. The molecule has 0 aromatic carbocycles. The van der Waals surface area contributed by atoms with Crippen LogP contribution >= 0.6 is 0 Å². The van der Waals surface area contributed by atoms with E-state index in [9.17, 15) is 4.79 Å². The van der Waals surface area contributed by atoms with Crippen LogP contribution in [0.1, 0.15) is 26.7 Å². The predicted molar refractivity (Wildman–Crippen MR) is 82.5 cm³/mol. The van der Waals surface area contributed by atoms with Crippen LogP contribution in [0.2, 0.25) is 0 Å². The molecule has 0 spiro atoms. The lowest BCUT2D eigenvalue weighted by Crippen LogP contribution is -2.32. The van der Waals surface area contributed by atoms with Crippen molar-refractivity contribution in [2.75, 3.05) is 6.54 Å². The van der Waals surface area contributed by atoms with E-state index in [2.05, 4.69) is 15.4 Å². The molecule has 2 rings (SSSR count). The van der Waals surface area contributed by atoms with E-state index in [0.29, 0.717) is 13.1 Å². The largest absolute Gasteiger partial charge is 0.354 e. The minimum atomic E-state index is 0.117. The van der Waals surface area contributed by atoms with Crippen LogP contribution in [-0.2, 0) is 11.3 Å². The summed E-state index contributed by atoms with van der Waals surface area (Å²) in [6.07, 6.45) is 5.43. The standard InChI is InChI=1S/C16H22N4O/c1-3-13(4-2)16(21)18-10-12-20-11-8-15(19-20)14-7-5-6-9-17-14/h5-9,11,13H,3-4,10,12H2,1-2H3,(H,18,21). The highest BCUT2D eigenvalue weighted by atomic mass is 16.1. The van der Waals surface area contributed by atoms with Crippen molar-refractivity contribution in [3.8, 4) is 11.4 Å². The van der Waals surface area contributed by atoms with E-state index >= 15 is 0 Å². The Hall–Kier alpha value is -2.17. The first kappa shape index (κ1) is 15.2. The number of amides is 1. The number of pyridine rings is 1. The molecule has 2 aromatic rings. The third-order valence-corrected chi connectivity index (χ3v) is 3.56. The van der Waals surface area contributed by atoms with E-state index in [4.69, 9.17) is 0 Å². The van der Waals surface area contributed by atoms with Gasteiger partial charge in [-0.3, -0.25) is 14.5 Å². The molecular weight excluding hydrogens is 264 g/mol. The van der Waals surface area contributed by atoms with Gasteiger partial charge in [-0.1, -0.05) is 19.9 Å². The first-order valence-electron chi connectivity index (χ1n) is 7.47. The Morgan fingerprint density at radius 1 is 1.24 bits per heavy atom. The van der Waals surface area contributed by atoms with Crippen molar-refractivity contribution in [1.82, 2.24) is 20.1 Å². The minimum Gasteiger partial charge on any atom is -0.354 e. The average molecular weight is 286 g/mol. The summed E-state index contributed by atoms with van der Waals surface area (Å²) < 4.78 is 1.83. The van der Waals surface area contributed by atoms with Gasteiger partial charge in [-0.05, 0) is 31.0 Å². The van der Waals surface area contributed by atoms with Crippen LogP contribution in [0.25, 0.3) is 11.4 Å². The molecule has 0 unspecified atom stereocenters. The Bertz CT molecular complexity index is 561. The molecule has 0 bridgehead atoms. The van der Waals surface area contributed by atoms with E-state index in [1.807, 2.05) is 49.0 Å². The lowest BCUT2D eigenvalue weighted by molar-refractivity contribution is -0.125. The Labute approximate surface area is 125 Å². The zero-order valence-corrected chi connectivity index (χ0v) is 12.6. The van der Waals surface area contributed by atoms with Gasteiger partial charge in [0, 0.05) is 24.9 Å². The van der Waals surface area contributed by atoms with Crippen molar-refractivity contribution >= 4 is 5.91 Å². The van der Waals surface area contributed by atoms with Crippen LogP contribution in [0.15, 0.2) is 36.7 Å². The lowest BCUT2D eigenvalue weighted by Gasteiger charge is -2.12. The van der Waals surface area contributed by atoms with Crippen molar-refractivity contribution in [3.05, 3.63) is 36.7 Å². The van der Waals surface area contributed by atoms with E-state index in [0.717, 1.165) is 24.2 Å². The number of carbonyl (C=O) groups excluding carboxylic acids is 1. The first-order chi connectivity index (χ1) is 10.2. The van der Waals surface area contributed by atoms with Gasteiger partial charge in [0.05, 0.1) is 12.2 Å². The average Bonchev–Trinajstić information content (AvgIpc) is 2.98. The van der Waals surface area contributed by atoms with Crippen molar-refractivity contribution in [2.24, 2.45) is 5.92 Å². The van der Waals surface area contributed by atoms with Gasteiger partial charge in [-0.15, -0.1) is 0 Å². The Morgan fingerprint density at radius 2 is 2.05 bits per heavy atom. The lowest BCUT2D eigenvalue weighted by atomic mass is 10.0. The summed E-state index contributed by atoms with van der Waals surface area (Å²) in [6, 6.07) is 7.69. The van der Waals surface area contributed by atoms with Crippen LogP contribution < -0.4 is 5.32 Å². The monoisotopic (exact) mass is 286 g/mol. The van der Waals surface area contributed by atoms with E-state index in [1.54, 1.807) is 6.20 Å². The molecule has 0 aliphatic carbocycles. The van der Waals surface area contributed by atoms with Crippen molar-refractivity contribution < 1.29 is 4.79 Å². The fraction of sp³-hybridized carbons (Fsp3) is 0.438. The van der Waals surface area contributed by atoms with E-state index in [1.165, 1.54) is 0 Å². The second kappa shape index (κ2) is 7.57. The zero-order valence-electron chi connectivity index (χ0n) is 12.6. The maximum absolute atomic E-state index is 11.9. The SMILES string of the molecule is CCC(CC)C(=O)NCCn1ccc(-c2ccccn2)n1. The molecule has 21 heavy (non-hydrogen) atoms. The van der Waals surface area contributed by atoms with E-state index < -0.39 is 0 Å². The molecule has 1 N–H and O–H groups in total. The number of nitrogens with one attached hydrogen (secondary N) is 1. The molecule has 0 saturated heterocycles. The molecule has 5 heteroatoms. The van der Waals surface area contributed by atoms with Crippen molar-refractivity contribution in [1.29, 1.82) is 0 Å². The summed E-state index contributed by atoms with van der Waals surface area (Å²) in [5.74, 6) is 0.254. The fourth-order valence-electron chi connectivity index (χ4n) is 2.23. The third kappa shape index (κ3) is 4.15. The van der Waals surface area contributed by atoms with Gasteiger partial charge in [0.1, 0.15) is 5.69 Å². The van der Waals surface area contributed by atoms with Crippen LogP contribution in [-0.4, -0.2) is 27.2 Å². The molecule has 0 fully saturated rings. The molecule has 0 aliphatic heterocycles. The second-order valence-electron chi connectivity index (χ2n) is 4.98. The normalized spacial score (nSPS) is 10.8. The highest BCUT2D eigenvalue weighted by molar-refractivity contribution is 5.78. The number of hydrogen-bond donors (Lipinski definition) is 1. The molecule has 1 amide bonds. The molecule has 2 aromatic heterocycles. The first-order valence-corrected chi connectivity index (χ1v) is 7.47. The molecule has 0 radical (unpaired) electrons. The summed E-state index contributed by atoms with van der Waals surface area (Å²) in [4.78, 5) is 16.1. The maximum atomic E-state index is 11.9. The molecule has 112 valence electrons. The number of nitrogens with zero attached hydrogens (tertiary/aromatic N) is 3. The second-order valence-corrected chi connectivity index (χ2v) is 4.98. The summed E-state index contributed by atoms with van der Waals surface area (Å²) in [5, 5.41) is 7.43. The van der Waals surface area contributed by atoms with Gasteiger partial charge in [0.15, 0.2) is 0 Å². The molecule has 0 saturated carbocycles. The Morgan fingerprint density at radius 3 is 2.71 bits per heavy atom. The van der Waals surface area contributed by atoms with Gasteiger partial charge < -0.3 is 5.32 Å². The minimum absolute atomic E-state index is 0.117. The van der Waals surface area contributed by atoms with Crippen LogP contribution in [0.5, 0.6) is 0 Å². The van der Waals surface area contributed by atoms with Crippen LogP contribution in [0.4, 0.5) is 0 Å². The van der Waals surface area contributed by atoms with Crippen LogP contribution in [0, 0.1) is 5.92 Å². The summed E-state index contributed by atoms with van der Waals surface area (Å²) in [5.41, 5.74) is 1.71. The zero-order chi connectivity index (χ0) is 15.1. The highest BCUT2D eigenvalue weighted by Gasteiger charge is 2.13. The molecule has 5 nitrogen and oxygen atoms in total. The maximum Gasteiger partial charge on any atom is 0.223 e. The molecule has 0 aliphatic rings. The predicted octanol–water partition coefficient (Wildman–Crippen LogP) is 2.50. The third-order valence-electron chi connectivity index (χ3n) is 3.56. The number of carbonyl (C=O) groups is 1. The van der Waals surface area contributed by atoms with Gasteiger partial charge in [0.25, 0.3) is 0 Å². The fourth-order valence-corrected chi connectivity index (χ4v) is 2.23. The molecule has 0 atom stereocenters. The van der Waals surface area contributed by atoms with E-state index in [-0.39, 0.29) is 11.8 Å². The van der Waals surface area contributed by atoms with Gasteiger partial charge in [-0.25, -0.2) is 0 Å². The van der Waals surface area contributed by atoms with Gasteiger partial charge >= 0.3 is 0 Å². The summed E-state index contributed by atoms with van der Waals surface area (Å²) in [7, 11) is 0. The van der Waals surface area contributed by atoms with Gasteiger partial charge in [-0.2, -0.15) is 5.10 Å². The Kier molecular flexibility index (Phi) is 5.49. The van der Waals surface area contributed by atoms with Gasteiger partial charge in [0.2, 0.25) is 5.91 Å². The number of aromatic nitrogens is 3. The highest BCUT2D eigenvalue weighted by Crippen LogP contribution is 2.12. The topological polar surface area (TPSA) is 59.8 Å². The summed E-state index contributed by atoms with van der Waals surface area (Å²) in [6.45, 7) is 5.35. The van der Waals surface area contributed by atoms with Crippen LogP contribution in [0.3, 0.4) is 0 Å². The quantitative estimate of drug-likeness (QED) is 0.850. The summed E-state index contributed by atoms with van der Waals surface area (Å²) >= 11 is 0. The van der Waals surface area contributed by atoms with Crippen molar-refractivity contribution in [2.45, 2.75) is 33.2 Å². The Balaban J connectivity index is 1.85. The smallest absolute Gasteiger partial charge is 0.223 e. The van der Waals surface area contributed by atoms with Crippen molar-refractivity contribution in [3.63, 3.8) is 0 Å². The molecule has 2 heterocycles.